The van der Waals surface area contributed by atoms with Crippen LogP contribution in [-0.4, -0.2) is 101 Å². The van der Waals surface area contributed by atoms with Gasteiger partial charge in [-0.05, 0) is 6.42 Å². The second kappa shape index (κ2) is 10.3. The zero-order valence-electron chi connectivity index (χ0n) is 14.8. The molecule has 0 bridgehead atoms. The summed E-state index contributed by atoms with van der Waals surface area (Å²) in [6.45, 7) is 2.23. The first-order chi connectivity index (χ1) is 11.7. The minimum absolute atomic E-state index is 0. The quantitative estimate of drug-likeness (QED) is 0.310. The minimum Gasteiger partial charge on any atom is -0.355 e. The molecule has 2 N–H and O–H groups in total. The van der Waals surface area contributed by atoms with Gasteiger partial charge in [-0.2, -0.15) is 13.2 Å². The highest BCUT2D eigenvalue weighted by Crippen LogP contribution is 2.19. The number of hydrogen-bond donors (Lipinski definition) is 2. The van der Waals surface area contributed by atoms with Gasteiger partial charge in [-0.1, -0.05) is 0 Å². The molecule has 7 nitrogen and oxygen atoms in total. The van der Waals surface area contributed by atoms with Crippen LogP contribution in [0.4, 0.5) is 13.2 Å². The molecule has 2 heterocycles. The monoisotopic (exact) mass is 513 g/mol. The number of aliphatic imine (C=N–C) groups is 1. The highest BCUT2D eigenvalue weighted by atomic mass is 127. The lowest BCUT2D eigenvalue weighted by molar-refractivity contribution is -0.143. The van der Waals surface area contributed by atoms with E-state index >= 15 is 0 Å². The molecule has 12 heteroatoms. The van der Waals surface area contributed by atoms with Gasteiger partial charge < -0.3 is 10.6 Å². The summed E-state index contributed by atoms with van der Waals surface area (Å²) < 4.78 is 60.0. The highest BCUT2D eigenvalue weighted by Gasteiger charge is 2.34. The number of alkyl halides is 3. The molecule has 2 aliphatic heterocycles. The van der Waals surface area contributed by atoms with Crippen LogP contribution in [0.2, 0.25) is 0 Å². The van der Waals surface area contributed by atoms with Crippen molar-refractivity contribution in [2.24, 2.45) is 4.99 Å². The van der Waals surface area contributed by atoms with Gasteiger partial charge in [0.05, 0.1) is 18.1 Å². The molecule has 2 saturated heterocycles. The molecule has 154 valence electrons. The molecule has 0 aromatic carbocycles. The van der Waals surface area contributed by atoms with Gasteiger partial charge >= 0.3 is 6.18 Å². The topological polar surface area (TPSA) is 77.0 Å². The molecule has 2 aliphatic rings. The first kappa shape index (κ1) is 23.7. The number of nitrogens with zero attached hydrogens (tertiary/aromatic N) is 3. The third-order valence-electron chi connectivity index (χ3n) is 4.40. The summed E-state index contributed by atoms with van der Waals surface area (Å²) >= 11 is 0. The molecule has 0 radical (unpaired) electrons. The van der Waals surface area contributed by atoms with Crippen molar-refractivity contribution >= 4 is 39.8 Å². The van der Waals surface area contributed by atoms with Crippen LogP contribution in [0.5, 0.6) is 0 Å². The van der Waals surface area contributed by atoms with Gasteiger partial charge in [0.1, 0.15) is 0 Å². The van der Waals surface area contributed by atoms with Crippen LogP contribution in [-0.2, 0) is 9.84 Å². The zero-order chi connectivity index (χ0) is 18.5. The van der Waals surface area contributed by atoms with Crippen LogP contribution in [0.3, 0.4) is 0 Å². The largest absolute Gasteiger partial charge is 0.401 e. The normalized spacial score (nSPS) is 24.9. The molecule has 0 aromatic heterocycles. The van der Waals surface area contributed by atoms with Crippen LogP contribution in [0.1, 0.15) is 6.42 Å². The Kier molecular flexibility index (Phi) is 9.36. The van der Waals surface area contributed by atoms with E-state index < -0.39 is 22.6 Å². The number of guanidine groups is 1. The van der Waals surface area contributed by atoms with Gasteiger partial charge in [0.2, 0.25) is 0 Å². The Hall–Kier alpha value is -0.340. The van der Waals surface area contributed by atoms with Crippen molar-refractivity contribution in [1.29, 1.82) is 0 Å². The molecule has 0 aliphatic carbocycles. The molecular formula is C14H27F3IN5O2S. The number of sulfone groups is 1. The Labute approximate surface area is 169 Å². The summed E-state index contributed by atoms with van der Waals surface area (Å²) in [6, 6.07) is -0.0614. The highest BCUT2D eigenvalue weighted by molar-refractivity contribution is 14.0. The van der Waals surface area contributed by atoms with E-state index in [-0.39, 0.29) is 41.5 Å². The second-order valence-corrected chi connectivity index (χ2v) is 8.78. The maximum atomic E-state index is 12.4. The molecule has 1 unspecified atom stereocenters. The number of rotatable bonds is 5. The molecule has 0 aromatic rings. The van der Waals surface area contributed by atoms with E-state index in [1.165, 1.54) is 4.90 Å². The van der Waals surface area contributed by atoms with E-state index in [1.54, 1.807) is 7.05 Å². The predicted molar refractivity (Wildman–Crippen MR) is 106 cm³/mol. The number of hydrogen-bond acceptors (Lipinski definition) is 5. The van der Waals surface area contributed by atoms with Crippen molar-refractivity contribution in [2.45, 2.75) is 18.6 Å². The molecule has 0 amide bonds. The predicted octanol–water partition coefficient (Wildman–Crippen LogP) is 0.136. The van der Waals surface area contributed by atoms with E-state index in [2.05, 4.69) is 20.5 Å². The van der Waals surface area contributed by atoms with Gasteiger partial charge in [0, 0.05) is 52.4 Å². The maximum Gasteiger partial charge on any atom is 0.401 e. The third kappa shape index (κ3) is 8.57. The zero-order valence-corrected chi connectivity index (χ0v) is 17.9. The average Bonchev–Trinajstić information content (AvgIpc) is 2.92. The summed E-state index contributed by atoms with van der Waals surface area (Å²) in [5, 5.41) is 6.28. The average molecular weight is 513 g/mol. The van der Waals surface area contributed by atoms with Gasteiger partial charge in [0.25, 0.3) is 0 Å². The molecule has 0 saturated carbocycles. The number of nitrogens with one attached hydrogen (secondary N) is 2. The second-order valence-electron chi connectivity index (χ2n) is 6.47. The van der Waals surface area contributed by atoms with E-state index in [0.29, 0.717) is 51.6 Å². The molecule has 1 atom stereocenters. The van der Waals surface area contributed by atoms with Crippen LogP contribution in [0.15, 0.2) is 4.99 Å². The summed E-state index contributed by atoms with van der Waals surface area (Å²) in [5.41, 5.74) is 0. The Morgan fingerprint density at radius 1 is 1.19 bits per heavy atom. The summed E-state index contributed by atoms with van der Waals surface area (Å²) in [5.74, 6) is 0.942. The fourth-order valence-corrected chi connectivity index (χ4v) is 4.32. The third-order valence-corrected chi connectivity index (χ3v) is 6.01. The Morgan fingerprint density at radius 3 is 2.42 bits per heavy atom. The van der Waals surface area contributed by atoms with E-state index in [0.717, 1.165) is 0 Å². The van der Waals surface area contributed by atoms with Crippen molar-refractivity contribution < 1.29 is 21.6 Å². The van der Waals surface area contributed by atoms with Gasteiger partial charge in [-0.15, -0.1) is 24.0 Å². The molecule has 2 fully saturated rings. The smallest absolute Gasteiger partial charge is 0.355 e. The Bertz CT molecular complexity index is 559. The summed E-state index contributed by atoms with van der Waals surface area (Å²) in [4.78, 5) is 7.56. The fourth-order valence-electron chi connectivity index (χ4n) is 3.04. The lowest BCUT2D eigenvalue weighted by atomic mass is 10.3. The van der Waals surface area contributed by atoms with Gasteiger partial charge in [-0.3, -0.25) is 14.8 Å². The van der Waals surface area contributed by atoms with E-state index in [4.69, 9.17) is 0 Å². The number of likely N-dealkylation sites (tertiary alicyclic amines) is 1. The van der Waals surface area contributed by atoms with Crippen molar-refractivity contribution in [3.63, 3.8) is 0 Å². The van der Waals surface area contributed by atoms with Crippen molar-refractivity contribution in [3.05, 3.63) is 0 Å². The van der Waals surface area contributed by atoms with E-state index in [9.17, 15) is 21.6 Å². The minimum atomic E-state index is -4.17. The van der Waals surface area contributed by atoms with Crippen LogP contribution >= 0.6 is 24.0 Å². The maximum absolute atomic E-state index is 12.4. The SMILES string of the molecule is CN=C(NCCN1CCS(=O)(=O)CC1)NC1CCN(CC(F)(F)F)C1.I. The first-order valence-corrected chi connectivity index (χ1v) is 10.2. The van der Waals surface area contributed by atoms with Gasteiger partial charge in [0.15, 0.2) is 15.8 Å². The van der Waals surface area contributed by atoms with Crippen LogP contribution < -0.4 is 10.6 Å². The van der Waals surface area contributed by atoms with E-state index in [1.807, 2.05) is 0 Å². The van der Waals surface area contributed by atoms with Gasteiger partial charge in [-0.25, -0.2) is 8.42 Å². The Morgan fingerprint density at radius 2 is 1.85 bits per heavy atom. The Balaban J connectivity index is 0.00000338. The lowest BCUT2D eigenvalue weighted by Crippen LogP contribution is -2.48. The summed E-state index contributed by atoms with van der Waals surface area (Å²) in [7, 11) is -1.26. The van der Waals surface area contributed by atoms with Crippen molar-refractivity contribution in [3.8, 4) is 0 Å². The summed E-state index contributed by atoms with van der Waals surface area (Å²) in [6.07, 6.45) is -3.53. The standard InChI is InChI=1S/C14H26F3N5O2S.HI/c1-18-13(19-3-5-21-6-8-25(23,24)9-7-21)20-12-2-4-22(10-12)11-14(15,16)17;/h12H,2-11H2,1H3,(H2,18,19,20);1H. The molecule has 26 heavy (non-hydrogen) atoms. The molecule has 2 rings (SSSR count). The van der Waals surface area contributed by atoms with Crippen LogP contribution in [0.25, 0.3) is 0 Å². The molecule has 0 spiro atoms. The molecular weight excluding hydrogens is 486 g/mol. The lowest BCUT2D eigenvalue weighted by Gasteiger charge is -2.27. The van der Waals surface area contributed by atoms with Crippen LogP contribution in [0, 0.1) is 0 Å². The fraction of sp³-hybridized carbons (Fsp3) is 0.929. The number of halogens is 4. The van der Waals surface area contributed by atoms with Crippen molar-refractivity contribution in [2.75, 3.05) is 64.4 Å². The first-order valence-electron chi connectivity index (χ1n) is 8.36. The van der Waals surface area contributed by atoms with Crippen molar-refractivity contribution in [1.82, 2.24) is 20.4 Å².